The highest BCUT2D eigenvalue weighted by Crippen LogP contribution is 2.34. The average Bonchev–Trinajstić information content (AvgIpc) is 3.27. The van der Waals surface area contributed by atoms with Crippen LogP contribution in [-0.4, -0.2) is 53.4 Å². The molecule has 1 aliphatic rings. The quantitative estimate of drug-likeness (QED) is 0.511. The number of morpholine rings is 1. The Kier molecular flexibility index (Phi) is 7.20. The monoisotopic (exact) mass is 496 g/mol. The Morgan fingerprint density at radius 3 is 2.50 bits per heavy atom. The van der Waals surface area contributed by atoms with E-state index in [0.29, 0.717) is 31.0 Å². The number of hydrogen-bond donors (Lipinski definition) is 1. The van der Waals surface area contributed by atoms with Crippen molar-refractivity contribution in [3.63, 3.8) is 0 Å². The predicted octanol–water partition coefficient (Wildman–Crippen LogP) is 4.49. The van der Waals surface area contributed by atoms with Gasteiger partial charge in [0.05, 0.1) is 36.7 Å². The number of ether oxygens (including phenoxy) is 1. The molecule has 3 aromatic rings. The summed E-state index contributed by atoms with van der Waals surface area (Å²) in [6, 6.07) is 11.2. The summed E-state index contributed by atoms with van der Waals surface area (Å²) >= 11 is 5.92. The van der Waals surface area contributed by atoms with Crippen molar-refractivity contribution in [2.24, 2.45) is 0 Å². The zero-order valence-electron chi connectivity index (χ0n) is 17.9. The fourth-order valence-electron chi connectivity index (χ4n) is 3.91. The molecule has 1 aliphatic heterocycles. The van der Waals surface area contributed by atoms with Crippen LogP contribution >= 0.6 is 11.6 Å². The van der Waals surface area contributed by atoms with Crippen molar-refractivity contribution in [2.75, 3.05) is 32.8 Å². The summed E-state index contributed by atoms with van der Waals surface area (Å²) in [5.74, 6) is -1.32. The van der Waals surface area contributed by atoms with Crippen molar-refractivity contribution in [3.8, 4) is 5.69 Å². The molecule has 1 N–H and O–H groups in total. The van der Waals surface area contributed by atoms with Crippen LogP contribution in [0.2, 0.25) is 5.02 Å². The van der Waals surface area contributed by atoms with E-state index in [9.17, 15) is 22.4 Å². The van der Waals surface area contributed by atoms with Crippen LogP contribution in [-0.2, 0) is 10.9 Å². The van der Waals surface area contributed by atoms with Crippen LogP contribution in [0, 0.1) is 5.82 Å². The van der Waals surface area contributed by atoms with Gasteiger partial charge in [0, 0.05) is 24.7 Å². The lowest BCUT2D eigenvalue weighted by Gasteiger charge is -2.35. The maximum atomic E-state index is 13.9. The summed E-state index contributed by atoms with van der Waals surface area (Å²) < 4.78 is 61.3. The van der Waals surface area contributed by atoms with Crippen LogP contribution in [0.5, 0.6) is 0 Å². The Morgan fingerprint density at radius 2 is 1.85 bits per heavy atom. The standard InChI is InChI=1S/C23H21ClF4N4O2/c24-16-2-1-3-18(12-16)32-21(23(26,27)28)19(13-30-32)22(33)29-14-20(31-8-10-34-11-9-31)15-4-6-17(25)7-5-15/h1-7,12-13,20H,8-11,14H2,(H,29,33). The lowest BCUT2D eigenvalue weighted by atomic mass is 10.0. The second kappa shape index (κ2) is 10.1. The number of amides is 1. The number of alkyl halides is 3. The zero-order valence-corrected chi connectivity index (χ0v) is 18.6. The van der Waals surface area contributed by atoms with E-state index in [4.69, 9.17) is 16.3 Å². The molecular weight excluding hydrogens is 476 g/mol. The number of benzene rings is 2. The number of nitrogens with one attached hydrogen (secondary N) is 1. The van der Waals surface area contributed by atoms with E-state index in [-0.39, 0.29) is 23.3 Å². The van der Waals surface area contributed by atoms with E-state index in [1.165, 1.54) is 36.4 Å². The maximum absolute atomic E-state index is 13.9. The van der Waals surface area contributed by atoms with Crippen molar-refractivity contribution in [1.29, 1.82) is 0 Å². The highest BCUT2D eigenvalue weighted by molar-refractivity contribution is 6.30. The van der Waals surface area contributed by atoms with Crippen LogP contribution in [0.3, 0.4) is 0 Å². The number of aromatic nitrogens is 2. The summed E-state index contributed by atoms with van der Waals surface area (Å²) in [7, 11) is 0. The van der Waals surface area contributed by atoms with Gasteiger partial charge >= 0.3 is 6.18 Å². The summed E-state index contributed by atoms with van der Waals surface area (Å²) in [5, 5.41) is 6.65. The number of carbonyl (C=O) groups is 1. The predicted molar refractivity (Wildman–Crippen MR) is 117 cm³/mol. The van der Waals surface area contributed by atoms with E-state index in [0.717, 1.165) is 11.8 Å². The largest absolute Gasteiger partial charge is 0.434 e. The topological polar surface area (TPSA) is 59.4 Å². The third-order valence-electron chi connectivity index (χ3n) is 5.53. The van der Waals surface area contributed by atoms with Gasteiger partial charge in [-0.3, -0.25) is 9.69 Å². The van der Waals surface area contributed by atoms with Gasteiger partial charge in [0.25, 0.3) is 5.91 Å². The van der Waals surface area contributed by atoms with Gasteiger partial charge in [-0.25, -0.2) is 9.07 Å². The Labute approximate surface area is 198 Å². The highest BCUT2D eigenvalue weighted by Gasteiger charge is 2.40. The molecule has 1 aromatic heterocycles. The second-order valence-corrected chi connectivity index (χ2v) is 8.16. The van der Waals surface area contributed by atoms with Gasteiger partial charge in [-0.15, -0.1) is 0 Å². The second-order valence-electron chi connectivity index (χ2n) is 7.72. The van der Waals surface area contributed by atoms with Gasteiger partial charge in [0.1, 0.15) is 5.82 Å². The molecule has 4 rings (SSSR count). The first-order chi connectivity index (χ1) is 16.2. The van der Waals surface area contributed by atoms with Gasteiger partial charge in [0.15, 0.2) is 5.69 Å². The third-order valence-corrected chi connectivity index (χ3v) is 5.77. The van der Waals surface area contributed by atoms with Crippen molar-refractivity contribution in [1.82, 2.24) is 20.0 Å². The number of hydrogen-bond acceptors (Lipinski definition) is 4. The molecule has 1 amide bonds. The summed E-state index contributed by atoms with van der Waals surface area (Å²) in [6.07, 6.45) is -3.95. The maximum Gasteiger partial charge on any atom is 0.434 e. The molecule has 1 unspecified atom stereocenters. The minimum Gasteiger partial charge on any atom is -0.379 e. The summed E-state index contributed by atoms with van der Waals surface area (Å²) in [4.78, 5) is 14.9. The van der Waals surface area contributed by atoms with E-state index in [1.54, 1.807) is 12.1 Å². The number of rotatable bonds is 6. The molecule has 11 heteroatoms. The van der Waals surface area contributed by atoms with Crippen molar-refractivity contribution >= 4 is 17.5 Å². The fourth-order valence-corrected chi connectivity index (χ4v) is 4.09. The smallest absolute Gasteiger partial charge is 0.379 e. The van der Waals surface area contributed by atoms with Gasteiger partial charge < -0.3 is 10.1 Å². The summed E-state index contributed by atoms with van der Waals surface area (Å²) in [6.45, 7) is 2.12. The van der Waals surface area contributed by atoms with E-state index >= 15 is 0 Å². The van der Waals surface area contributed by atoms with Gasteiger partial charge in [0.2, 0.25) is 0 Å². The average molecular weight is 497 g/mol. The van der Waals surface area contributed by atoms with Gasteiger partial charge in [-0.2, -0.15) is 18.3 Å². The SMILES string of the molecule is O=C(NCC(c1ccc(F)cc1)N1CCOCC1)c1cnn(-c2cccc(Cl)c2)c1C(F)(F)F. The number of halogens is 5. The Balaban J connectivity index is 1.60. The van der Waals surface area contributed by atoms with Crippen molar-refractivity contribution in [3.05, 3.63) is 82.4 Å². The first kappa shape index (κ1) is 24.2. The molecule has 1 fully saturated rings. The summed E-state index contributed by atoms with van der Waals surface area (Å²) in [5.41, 5.74) is -0.991. The molecule has 2 aromatic carbocycles. The van der Waals surface area contributed by atoms with Crippen LogP contribution in [0.15, 0.2) is 54.7 Å². The molecule has 6 nitrogen and oxygen atoms in total. The Bertz CT molecular complexity index is 1140. The highest BCUT2D eigenvalue weighted by atomic mass is 35.5. The number of carbonyl (C=O) groups excluding carboxylic acids is 1. The normalized spacial score (nSPS) is 15.8. The molecule has 2 heterocycles. The Morgan fingerprint density at radius 1 is 1.15 bits per heavy atom. The van der Waals surface area contributed by atoms with Crippen LogP contribution < -0.4 is 5.32 Å². The first-order valence-corrected chi connectivity index (χ1v) is 10.9. The van der Waals surface area contributed by atoms with Crippen molar-refractivity contribution < 1.29 is 27.1 Å². The zero-order chi connectivity index (χ0) is 24.3. The van der Waals surface area contributed by atoms with E-state index in [2.05, 4.69) is 10.4 Å². The molecule has 0 saturated carbocycles. The molecule has 34 heavy (non-hydrogen) atoms. The molecular formula is C23H21ClF4N4O2. The molecule has 1 saturated heterocycles. The molecule has 1 atom stereocenters. The van der Waals surface area contributed by atoms with E-state index < -0.39 is 29.2 Å². The molecule has 180 valence electrons. The van der Waals surface area contributed by atoms with Crippen LogP contribution in [0.25, 0.3) is 5.69 Å². The molecule has 0 aliphatic carbocycles. The number of nitrogens with zero attached hydrogens (tertiary/aromatic N) is 3. The first-order valence-electron chi connectivity index (χ1n) is 10.5. The molecule has 0 bridgehead atoms. The lowest BCUT2D eigenvalue weighted by Crippen LogP contribution is -2.44. The van der Waals surface area contributed by atoms with Crippen LogP contribution in [0.1, 0.15) is 27.7 Å². The van der Waals surface area contributed by atoms with Gasteiger partial charge in [-0.1, -0.05) is 29.8 Å². The van der Waals surface area contributed by atoms with Crippen LogP contribution in [0.4, 0.5) is 17.6 Å². The third kappa shape index (κ3) is 5.40. The van der Waals surface area contributed by atoms with E-state index in [1.807, 2.05) is 4.90 Å². The fraction of sp³-hybridized carbons (Fsp3) is 0.304. The Hall–Kier alpha value is -2.95. The van der Waals surface area contributed by atoms with Gasteiger partial charge in [-0.05, 0) is 35.9 Å². The molecule has 0 radical (unpaired) electrons. The van der Waals surface area contributed by atoms with Crippen molar-refractivity contribution in [2.45, 2.75) is 12.2 Å². The lowest BCUT2D eigenvalue weighted by molar-refractivity contribution is -0.143. The minimum atomic E-state index is -4.84. The minimum absolute atomic E-state index is 0.0180. The molecule has 0 spiro atoms.